The van der Waals surface area contributed by atoms with Crippen LogP contribution in [0.15, 0.2) is 35.1 Å². The van der Waals surface area contributed by atoms with Crippen molar-refractivity contribution in [1.29, 1.82) is 0 Å². The minimum atomic E-state index is -0.371. The number of nitrogens with one attached hydrogen (secondary N) is 1. The van der Waals surface area contributed by atoms with Crippen molar-refractivity contribution in [1.82, 2.24) is 14.6 Å². The number of H-pyrrole nitrogens is 1. The van der Waals surface area contributed by atoms with E-state index in [1.807, 2.05) is 31.2 Å². The van der Waals surface area contributed by atoms with Gasteiger partial charge in [0.1, 0.15) is 11.4 Å². The number of aromatic nitrogens is 3. The summed E-state index contributed by atoms with van der Waals surface area (Å²) in [6.07, 6.45) is 0. The Morgan fingerprint density at radius 2 is 2.00 bits per heavy atom. The van der Waals surface area contributed by atoms with Crippen LogP contribution in [0.3, 0.4) is 0 Å². The molecule has 0 aliphatic heterocycles. The van der Waals surface area contributed by atoms with E-state index in [1.165, 1.54) is 4.52 Å². The van der Waals surface area contributed by atoms with Crippen LogP contribution >= 0.6 is 0 Å². The Kier molecular flexibility index (Phi) is 2.71. The zero-order valence-corrected chi connectivity index (χ0v) is 11.0. The van der Waals surface area contributed by atoms with E-state index in [9.17, 15) is 9.90 Å². The Bertz CT molecular complexity index is 831. The smallest absolute Gasteiger partial charge is 0.254 e. The normalized spacial score (nSPS) is 10.9. The predicted molar refractivity (Wildman–Crippen MR) is 74.2 cm³/mol. The Hall–Kier alpha value is -2.76. The zero-order chi connectivity index (χ0) is 14.3. The average molecular weight is 271 g/mol. The largest absolute Gasteiger partial charge is 0.497 e. The maximum absolute atomic E-state index is 11.5. The molecule has 6 heteroatoms. The summed E-state index contributed by atoms with van der Waals surface area (Å²) in [4.78, 5) is 14.2. The average Bonchev–Trinajstić information content (AvgIpc) is 2.76. The molecule has 0 saturated heterocycles. The molecule has 102 valence electrons. The van der Waals surface area contributed by atoms with Gasteiger partial charge in [-0.3, -0.25) is 4.79 Å². The van der Waals surface area contributed by atoms with E-state index in [2.05, 4.69) is 10.1 Å². The Morgan fingerprint density at radius 3 is 2.65 bits per heavy atom. The van der Waals surface area contributed by atoms with E-state index in [1.54, 1.807) is 7.11 Å². The highest BCUT2D eigenvalue weighted by atomic mass is 16.5. The predicted octanol–water partition coefficient (Wildman–Crippen LogP) is 1.71. The van der Waals surface area contributed by atoms with Gasteiger partial charge in [-0.1, -0.05) is 12.1 Å². The van der Waals surface area contributed by atoms with Crippen molar-refractivity contribution >= 4 is 5.65 Å². The lowest BCUT2D eigenvalue weighted by atomic mass is 10.1. The third kappa shape index (κ3) is 1.82. The first-order valence-electron chi connectivity index (χ1n) is 6.06. The number of hydrogen-bond donors (Lipinski definition) is 2. The van der Waals surface area contributed by atoms with Crippen LogP contribution in [0.5, 0.6) is 11.6 Å². The Morgan fingerprint density at radius 1 is 1.30 bits per heavy atom. The van der Waals surface area contributed by atoms with Crippen molar-refractivity contribution in [2.75, 3.05) is 7.11 Å². The zero-order valence-electron chi connectivity index (χ0n) is 11.0. The molecule has 2 heterocycles. The molecule has 0 radical (unpaired) electrons. The standard InChI is InChI=1S/C14H13N3O3/c1-8-13(9-3-5-10(20-2)6-4-9)14-15-11(18)7-12(19)17(14)16-8/h3-7,19H,1-2H3,(H,15,18). The molecule has 0 spiro atoms. The molecule has 0 fully saturated rings. The van der Waals surface area contributed by atoms with Crippen LogP contribution in [0.25, 0.3) is 16.8 Å². The van der Waals surface area contributed by atoms with E-state index in [-0.39, 0.29) is 11.4 Å². The molecular weight excluding hydrogens is 258 g/mol. The second-order valence-corrected chi connectivity index (χ2v) is 4.44. The summed E-state index contributed by atoms with van der Waals surface area (Å²) >= 11 is 0. The number of methoxy groups -OCH3 is 1. The van der Waals surface area contributed by atoms with Gasteiger partial charge >= 0.3 is 0 Å². The minimum absolute atomic E-state index is 0.188. The lowest BCUT2D eigenvalue weighted by molar-refractivity contribution is 0.415. The van der Waals surface area contributed by atoms with E-state index in [4.69, 9.17) is 4.74 Å². The van der Waals surface area contributed by atoms with Gasteiger partial charge < -0.3 is 14.8 Å². The van der Waals surface area contributed by atoms with Gasteiger partial charge in [0.15, 0.2) is 0 Å². The molecule has 20 heavy (non-hydrogen) atoms. The van der Waals surface area contributed by atoms with Crippen molar-refractivity contribution < 1.29 is 9.84 Å². The first-order valence-corrected chi connectivity index (χ1v) is 6.06. The summed E-state index contributed by atoms with van der Waals surface area (Å²) in [6, 6.07) is 8.52. The summed E-state index contributed by atoms with van der Waals surface area (Å²) in [6.45, 7) is 1.82. The number of rotatable bonds is 2. The van der Waals surface area contributed by atoms with E-state index >= 15 is 0 Å². The van der Waals surface area contributed by atoms with Gasteiger partial charge in [0.25, 0.3) is 5.56 Å². The summed E-state index contributed by atoms with van der Waals surface area (Å²) in [5, 5.41) is 14.0. The summed E-state index contributed by atoms with van der Waals surface area (Å²) < 4.78 is 6.44. The van der Waals surface area contributed by atoms with Crippen molar-refractivity contribution in [3.05, 3.63) is 46.4 Å². The fraction of sp³-hybridized carbons (Fsp3) is 0.143. The van der Waals surface area contributed by atoms with Crippen LogP contribution in [0.1, 0.15) is 5.69 Å². The molecule has 2 N–H and O–H groups in total. The fourth-order valence-electron chi connectivity index (χ4n) is 2.24. The highest BCUT2D eigenvalue weighted by Crippen LogP contribution is 2.29. The number of aromatic amines is 1. The maximum atomic E-state index is 11.5. The third-order valence-corrected chi connectivity index (χ3v) is 3.16. The molecule has 0 aliphatic rings. The van der Waals surface area contributed by atoms with Crippen LogP contribution in [-0.2, 0) is 0 Å². The molecule has 0 amide bonds. The van der Waals surface area contributed by atoms with Gasteiger partial charge in [0, 0.05) is 5.56 Å². The minimum Gasteiger partial charge on any atom is -0.497 e. The topological polar surface area (TPSA) is 79.6 Å². The monoisotopic (exact) mass is 271 g/mol. The van der Waals surface area contributed by atoms with E-state index in [0.29, 0.717) is 11.3 Å². The van der Waals surface area contributed by atoms with Gasteiger partial charge in [-0.25, -0.2) is 0 Å². The molecule has 0 saturated carbocycles. The van der Waals surface area contributed by atoms with Crippen LogP contribution in [-0.4, -0.2) is 26.8 Å². The molecular formula is C14H13N3O3. The van der Waals surface area contributed by atoms with Crippen molar-refractivity contribution in [2.24, 2.45) is 0 Å². The lowest BCUT2D eigenvalue weighted by Gasteiger charge is -2.03. The van der Waals surface area contributed by atoms with Crippen molar-refractivity contribution in [2.45, 2.75) is 6.92 Å². The van der Waals surface area contributed by atoms with Crippen molar-refractivity contribution in [3.8, 4) is 22.8 Å². The van der Waals surface area contributed by atoms with Crippen LogP contribution < -0.4 is 10.3 Å². The number of nitrogens with zero attached hydrogens (tertiary/aromatic N) is 2. The molecule has 0 atom stereocenters. The number of hydrogen-bond acceptors (Lipinski definition) is 4. The van der Waals surface area contributed by atoms with Gasteiger partial charge in [0.2, 0.25) is 5.88 Å². The first kappa shape index (κ1) is 12.3. The van der Waals surface area contributed by atoms with Crippen LogP contribution in [0, 0.1) is 6.92 Å². The van der Waals surface area contributed by atoms with Crippen LogP contribution in [0.4, 0.5) is 0 Å². The van der Waals surface area contributed by atoms with Gasteiger partial charge in [-0.2, -0.15) is 9.61 Å². The SMILES string of the molecule is COc1ccc(-c2c(C)nn3c(O)cc(=O)[nH]c23)cc1. The number of aromatic hydroxyl groups is 1. The van der Waals surface area contributed by atoms with E-state index < -0.39 is 0 Å². The number of ether oxygens (including phenoxy) is 1. The molecule has 0 aliphatic carbocycles. The maximum Gasteiger partial charge on any atom is 0.254 e. The highest BCUT2D eigenvalue weighted by molar-refractivity contribution is 5.80. The Labute approximate surface area is 114 Å². The molecule has 2 aromatic heterocycles. The van der Waals surface area contributed by atoms with Crippen LogP contribution in [0.2, 0.25) is 0 Å². The molecule has 0 bridgehead atoms. The Balaban J connectivity index is 2.29. The van der Waals surface area contributed by atoms with Crippen molar-refractivity contribution in [3.63, 3.8) is 0 Å². The second kappa shape index (κ2) is 4.41. The summed E-state index contributed by atoms with van der Waals surface area (Å²) in [5.41, 5.74) is 2.48. The summed E-state index contributed by atoms with van der Waals surface area (Å²) in [7, 11) is 1.60. The molecule has 0 unspecified atom stereocenters. The van der Waals surface area contributed by atoms with E-state index in [0.717, 1.165) is 22.9 Å². The number of fused-ring (bicyclic) bond motifs is 1. The summed E-state index contributed by atoms with van der Waals surface area (Å²) in [5.74, 6) is 0.561. The highest BCUT2D eigenvalue weighted by Gasteiger charge is 2.14. The fourth-order valence-corrected chi connectivity index (χ4v) is 2.24. The third-order valence-electron chi connectivity index (χ3n) is 3.16. The lowest BCUT2D eigenvalue weighted by Crippen LogP contribution is -2.07. The molecule has 6 nitrogen and oxygen atoms in total. The first-order chi connectivity index (χ1) is 9.60. The molecule has 3 rings (SSSR count). The van der Waals surface area contributed by atoms with Gasteiger partial charge in [0.05, 0.1) is 18.9 Å². The number of aryl methyl sites for hydroxylation is 1. The quantitative estimate of drug-likeness (QED) is 0.743. The molecule has 3 aromatic rings. The number of benzene rings is 1. The van der Waals surface area contributed by atoms with Gasteiger partial charge in [-0.15, -0.1) is 0 Å². The second-order valence-electron chi connectivity index (χ2n) is 4.44. The van der Waals surface area contributed by atoms with Gasteiger partial charge in [-0.05, 0) is 24.6 Å². The molecule has 1 aromatic carbocycles.